The first-order valence-electron chi connectivity index (χ1n) is 9.52. The van der Waals surface area contributed by atoms with E-state index in [-0.39, 0.29) is 23.3 Å². The third-order valence-electron chi connectivity index (χ3n) is 4.68. The van der Waals surface area contributed by atoms with Crippen molar-refractivity contribution in [1.29, 1.82) is 0 Å². The summed E-state index contributed by atoms with van der Waals surface area (Å²) < 4.78 is 29.1. The van der Waals surface area contributed by atoms with Crippen LogP contribution in [0.15, 0.2) is 94.3 Å². The number of carbonyl (C=O) groups excluding carboxylic acids is 1. The molecule has 3 aromatic rings. The van der Waals surface area contributed by atoms with Gasteiger partial charge in [0, 0.05) is 4.47 Å². The minimum atomic E-state index is -3.87. The summed E-state index contributed by atoms with van der Waals surface area (Å²) in [5, 5.41) is 2.93. The molecular formula is C23H23BrN2O3S. The van der Waals surface area contributed by atoms with Gasteiger partial charge in [-0.3, -0.25) is 4.79 Å². The maximum Gasteiger partial charge on any atom is 0.241 e. The molecule has 30 heavy (non-hydrogen) atoms. The predicted molar refractivity (Wildman–Crippen MR) is 121 cm³/mol. The molecule has 3 aromatic carbocycles. The van der Waals surface area contributed by atoms with Gasteiger partial charge in [0.15, 0.2) is 0 Å². The van der Waals surface area contributed by atoms with E-state index in [4.69, 9.17) is 0 Å². The van der Waals surface area contributed by atoms with Crippen LogP contribution in [0, 0.1) is 0 Å². The van der Waals surface area contributed by atoms with Crippen LogP contribution < -0.4 is 10.0 Å². The number of benzene rings is 3. The van der Waals surface area contributed by atoms with Crippen molar-refractivity contribution in [3.63, 3.8) is 0 Å². The van der Waals surface area contributed by atoms with Crippen molar-refractivity contribution in [3.05, 3.63) is 101 Å². The van der Waals surface area contributed by atoms with Gasteiger partial charge < -0.3 is 5.32 Å². The van der Waals surface area contributed by atoms with E-state index in [2.05, 4.69) is 26.0 Å². The van der Waals surface area contributed by atoms with E-state index in [0.717, 1.165) is 15.6 Å². The zero-order valence-corrected chi connectivity index (χ0v) is 18.9. The summed E-state index contributed by atoms with van der Waals surface area (Å²) in [6.07, 6.45) is 0.240. The monoisotopic (exact) mass is 486 g/mol. The third-order valence-corrected chi connectivity index (χ3v) is 6.70. The summed E-state index contributed by atoms with van der Waals surface area (Å²) in [5.41, 5.74) is 1.81. The van der Waals surface area contributed by atoms with Gasteiger partial charge in [-0.25, -0.2) is 8.42 Å². The first kappa shape index (κ1) is 22.2. The zero-order chi connectivity index (χ0) is 21.6. The molecule has 2 atom stereocenters. The van der Waals surface area contributed by atoms with E-state index < -0.39 is 16.1 Å². The molecule has 0 fully saturated rings. The molecule has 156 valence electrons. The molecule has 0 bridgehead atoms. The van der Waals surface area contributed by atoms with Crippen LogP contribution in [0.1, 0.15) is 24.1 Å². The molecule has 0 spiro atoms. The Morgan fingerprint density at radius 3 is 2.07 bits per heavy atom. The Morgan fingerprint density at radius 1 is 0.900 bits per heavy atom. The minimum absolute atomic E-state index is 0.104. The molecule has 0 radical (unpaired) electrons. The fourth-order valence-corrected chi connectivity index (χ4v) is 4.51. The fourth-order valence-electron chi connectivity index (χ4n) is 3.05. The number of halogens is 1. The quantitative estimate of drug-likeness (QED) is 0.500. The summed E-state index contributed by atoms with van der Waals surface area (Å²) in [5.74, 6) is -0.379. The lowest BCUT2D eigenvalue weighted by Gasteiger charge is -2.22. The molecule has 3 rings (SSSR count). The van der Waals surface area contributed by atoms with Crippen molar-refractivity contribution in [2.45, 2.75) is 30.3 Å². The number of carbonyl (C=O) groups is 1. The topological polar surface area (TPSA) is 75.3 Å². The van der Waals surface area contributed by atoms with E-state index >= 15 is 0 Å². The number of hydrogen-bond donors (Lipinski definition) is 2. The number of hydrogen-bond acceptors (Lipinski definition) is 3. The standard InChI is InChI=1S/C23H23BrN2O3S/c1-17(19-10-6-3-7-11-19)25-23(27)22(16-18-8-4-2-5-9-18)26-30(28,29)21-14-12-20(24)13-15-21/h2-15,17,22,26H,16H2,1H3,(H,25,27). The maximum absolute atomic E-state index is 13.0. The van der Waals surface area contributed by atoms with Gasteiger partial charge in [-0.2, -0.15) is 4.72 Å². The van der Waals surface area contributed by atoms with Crippen molar-refractivity contribution in [2.24, 2.45) is 0 Å². The fraction of sp³-hybridized carbons (Fsp3) is 0.174. The van der Waals surface area contributed by atoms with Crippen molar-refractivity contribution in [3.8, 4) is 0 Å². The third kappa shape index (κ3) is 6.01. The molecule has 0 saturated carbocycles. The lowest BCUT2D eigenvalue weighted by atomic mass is 10.0. The van der Waals surface area contributed by atoms with E-state index in [9.17, 15) is 13.2 Å². The number of sulfonamides is 1. The Balaban J connectivity index is 1.82. The zero-order valence-electron chi connectivity index (χ0n) is 16.5. The normalized spacial score (nSPS) is 13.4. The van der Waals surface area contributed by atoms with Crippen LogP contribution in [-0.2, 0) is 21.2 Å². The van der Waals surface area contributed by atoms with Crippen molar-refractivity contribution in [2.75, 3.05) is 0 Å². The van der Waals surface area contributed by atoms with Crippen LogP contribution in [0.3, 0.4) is 0 Å². The van der Waals surface area contributed by atoms with Gasteiger partial charge in [-0.1, -0.05) is 76.6 Å². The maximum atomic E-state index is 13.0. The van der Waals surface area contributed by atoms with Crippen LogP contribution in [-0.4, -0.2) is 20.4 Å². The Morgan fingerprint density at radius 2 is 1.47 bits per heavy atom. The molecule has 1 amide bonds. The average Bonchev–Trinajstić information content (AvgIpc) is 2.74. The molecule has 0 aliphatic carbocycles. The minimum Gasteiger partial charge on any atom is -0.348 e. The number of rotatable bonds is 8. The molecule has 0 saturated heterocycles. The highest BCUT2D eigenvalue weighted by molar-refractivity contribution is 9.10. The number of amides is 1. The first-order chi connectivity index (χ1) is 14.3. The van der Waals surface area contributed by atoms with E-state index in [0.29, 0.717) is 0 Å². The van der Waals surface area contributed by atoms with Crippen molar-refractivity contribution >= 4 is 31.9 Å². The highest BCUT2D eigenvalue weighted by Crippen LogP contribution is 2.17. The molecule has 0 aliphatic heterocycles. The second-order valence-corrected chi connectivity index (χ2v) is 9.59. The van der Waals surface area contributed by atoms with Crippen LogP contribution in [0.5, 0.6) is 0 Å². The highest BCUT2D eigenvalue weighted by atomic mass is 79.9. The van der Waals surface area contributed by atoms with Gasteiger partial charge in [-0.05, 0) is 48.7 Å². The smallest absolute Gasteiger partial charge is 0.241 e. The van der Waals surface area contributed by atoms with Crippen molar-refractivity contribution in [1.82, 2.24) is 10.0 Å². The molecule has 0 heterocycles. The molecule has 2 N–H and O–H groups in total. The average molecular weight is 487 g/mol. The molecule has 2 unspecified atom stereocenters. The van der Waals surface area contributed by atoms with Crippen LogP contribution in [0.4, 0.5) is 0 Å². The molecule has 0 aromatic heterocycles. The summed E-state index contributed by atoms with van der Waals surface area (Å²) in [6, 6.07) is 24.0. The van der Waals surface area contributed by atoms with Gasteiger partial charge >= 0.3 is 0 Å². The molecule has 0 aliphatic rings. The summed E-state index contributed by atoms with van der Waals surface area (Å²) >= 11 is 3.30. The van der Waals surface area contributed by atoms with Gasteiger partial charge in [0.1, 0.15) is 6.04 Å². The lowest BCUT2D eigenvalue weighted by Crippen LogP contribution is -2.48. The van der Waals surface area contributed by atoms with Gasteiger partial charge in [0.25, 0.3) is 0 Å². The van der Waals surface area contributed by atoms with E-state index in [1.54, 1.807) is 12.1 Å². The summed E-state index contributed by atoms with van der Waals surface area (Å²) in [6.45, 7) is 1.87. The molecule has 5 nitrogen and oxygen atoms in total. The van der Waals surface area contributed by atoms with Gasteiger partial charge in [-0.15, -0.1) is 0 Å². The first-order valence-corrected chi connectivity index (χ1v) is 11.8. The summed E-state index contributed by atoms with van der Waals surface area (Å²) in [4.78, 5) is 13.2. The Labute approximate surface area is 185 Å². The van der Waals surface area contributed by atoms with E-state index in [1.807, 2.05) is 67.6 Å². The Bertz CT molecular complexity index is 1070. The molecular weight excluding hydrogens is 464 g/mol. The van der Waals surface area contributed by atoms with Crippen LogP contribution in [0.2, 0.25) is 0 Å². The lowest BCUT2D eigenvalue weighted by molar-refractivity contribution is -0.123. The predicted octanol–water partition coefficient (Wildman–Crippen LogP) is 4.22. The van der Waals surface area contributed by atoms with E-state index in [1.165, 1.54) is 12.1 Å². The Kier molecular flexibility index (Phi) is 7.42. The van der Waals surface area contributed by atoms with Gasteiger partial charge in [0.2, 0.25) is 15.9 Å². The highest BCUT2D eigenvalue weighted by Gasteiger charge is 2.27. The molecule has 7 heteroatoms. The second-order valence-electron chi connectivity index (χ2n) is 6.96. The van der Waals surface area contributed by atoms with Crippen LogP contribution >= 0.6 is 15.9 Å². The van der Waals surface area contributed by atoms with Crippen molar-refractivity contribution < 1.29 is 13.2 Å². The SMILES string of the molecule is CC(NC(=O)C(Cc1ccccc1)NS(=O)(=O)c1ccc(Br)cc1)c1ccccc1. The van der Waals surface area contributed by atoms with Crippen LogP contribution in [0.25, 0.3) is 0 Å². The summed E-state index contributed by atoms with van der Waals surface area (Å²) in [7, 11) is -3.87. The Hall–Kier alpha value is -2.48. The largest absolute Gasteiger partial charge is 0.348 e. The number of nitrogens with one attached hydrogen (secondary N) is 2. The second kappa shape index (κ2) is 10.0. The van der Waals surface area contributed by atoms with Gasteiger partial charge in [0.05, 0.1) is 10.9 Å².